The molecule has 0 aliphatic carbocycles. The van der Waals surface area contributed by atoms with Gasteiger partial charge in [-0.25, -0.2) is 5.90 Å². The number of hydrogen-bond donors (Lipinski definition) is 1. The van der Waals surface area contributed by atoms with Crippen LogP contribution in [0, 0.1) is 6.92 Å². The molecule has 0 amide bonds. The van der Waals surface area contributed by atoms with Crippen LogP contribution in [-0.2, 0) is 11.3 Å². The molecule has 0 saturated heterocycles. The van der Waals surface area contributed by atoms with Crippen molar-refractivity contribution in [1.82, 2.24) is 0 Å². The molecule has 1 aromatic carbocycles. The summed E-state index contributed by atoms with van der Waals surface area (Å²) in [6.07, 6.45) is 0.790. The largest absolute Gasteiger partial charge is 0.497 e. The highest BCUT2D eigenvalue weighted by Crippen LogP contribution is 2.26. The fourth-order valence-electron chi connectivity index (χ4n) is 1.25. The molecule has 0 aromatic heterocycles. The van der Waals surface area contributed by atoms with Gasteiger partial charge in [-0.2, -0.15) is 0 Å². The molecular formula is C10H14BrNO2. The highest BCUT2D eigenvalue weighted by Gasteiger charge is 2.05. The Bertz CT molecular complexity index is 315. The Morgan fingerprint density at radius 3 is 2.71 bits per heavy atom. The minimum absolute atomic E-state index is 0.514. The smallest absolute Gasteiger partial charge is 0.120 e. The summed E-state index contributed by atoms with van der Waals surface area (Å²) in [6, 6.07) is 3.95. The zero-order valence-corrected chi connectivity index (χ0v) is 9.93. The van der Waals surface area contributed by atoms with Gasteiger partial charge in [-0.05, 0) is 36.6 Å². The fourth-order valence-corrected chi connectivity index (χ4v) is 1.73. The minimum atomic E-state index is 0.514. The Morgan fingerprint density at radius 2 is 2.14 bits per heavy atom. The number of halogens is 1. The fraction of sp³-hybridized carbons (Fsp3) is 0.400. The second-order valence-electron chi connectivity index (χ2n) is 3.01. The van der Waals surface area contributed by atoms with E-state index in [0.717, 1.165) is 16.6 Å². The van der Waals surface area contributed by atoms with Crippen molar-refractivity contribution in [3.63, 3.8) is 0 Å². The predicted octanol–water partition coefficient (Wildman–Crippen LogP) is 2.20. The van der Waals surface area contributed by atoms with Crippen molar-refractivity contribution in [1.29, 1.82) is 0 Å². The third kappa shape index (κ3) is 2.70. The molecule has 0 aliphatic rings. The summed E-state index contributed by atoms with van der Waals surface area (Å²) >= 11 is 3.48. The van der Waals surface area contributed by atoms with Crippen LogP contribution in [0.4, 0.5) is 0 Å². The average Bonchev–Trinajstić information content (AvgIpc) is 2.20. The standard InChI is InChI=1S/C10H14BrNO2/c1-7-8(3-4-14-12)5-9(13-2)6-10(7)11/h5-6H,3-4,12H2,1-2H3. The Balaban J connectivity index is 2.95. The molecule has 0 atom stereocenters. The summed E-state index contributed by atoms with van der Waals surface area (Å²) in [5, 5.41) is 0. The summed E-state index contributed by atoms with van der Waals surface area (Å²) in [5.74, 6) is 5.83. The van der Waals surface area contributed by atoms with E-state index in [-0.39, 0.29) is 0 Å². The van der Waals surface area contributed by atoms with E-state index in [2.05, 4.69) is 27.7 Å². The third-order valence-corrected chi connectivity index (χ3v) is 2.97. The van der Waals surface area contributed by atoms with Crippen LogP contribution in [0.3, 0.4) is 0 Å². The number of nitrogens with two attached hydrogens (primary N) is 1. The molecule has 78 valence electrons. The molecule has 2 N–H and O–H groups in total. The number of benzene rings is 1. The molecule has 0 aliphatic heterocycles. The third-order valence-electron chi connectivity index (χ3n) is 2.15. The Hall–Kier alpha value is -0.580. The molecule has 1 rings (SSSR count). The van der Waals surface area contributed by atoms with Gasteiger partial charge in [-0.3, -0.25) is 0 Å². The van der Waals surface area contributed by atoms with Crippen molar-refractivity contribution < 1.29 is 9.57 Å². The van der Waals surface area contributed by atoms with Gasteiger partial charge in [0.05, 0.1) is 13.7 Å². The van der Waals surface area contributed by atoms with Crippen molar-refractivity contribution in [3.05, 3.63) is 27.7 Å². The van der Waals surface area contributed by atoms with Gasteiger partial charge in [0.25, 0.3) is 0 Å². The molecule has 3 nitrogen and oxygen atoms in total. The van der Waals surface area contributed by atoms with Gasteiger partial charge >= 0.3 is 0 Å². The van der Waals surface area contributed by atoms with Crippen molar-refractivity contribution in [3.8, 4) is 5.75 Å². The second kappa shape index (κ2) is 5.34. The predicted molar refractivity (Wildman–Crippen MR) is 59.3 cm³/mol. The average molecular weight is 260 g/mol. The van der Waals surface area contributed by atoms with Crippen LogP contribution in [0.25, 0.3) is 0 Å². The molecule has 14 heavy (non-hydrogen) atoms. The van der Waals surface area contributed by atoms with Crippen LogP contribution in [0.5, 0.6) is 5.75 Å². The van der Waals surface area contributed by atoms with Crippen LogP contribution < -0.4 is 10.6 Å². The summed E-state index contributed by atoms with van der Waals surface area (Å²) in [7, 11) is 1.65. The first kappa shape index (κ1) is 11.5. The summed E-state index contributed by atoms with van der Waals surface area (Å²) in [4.78, 5) is 4.56. The van der Waals surface area contributed by atoms with Crippen molar-refractivity contribution in [2.45, 2.75) is 13.3 Å². The molecule has 0 bridgehead atoms. The Kier molecular flexibility index (Phi) is 4.38. The maximum absolute atomic E-state index is 5.17. The zero-order valence-electron chi connectivity index (χ0n) is 8.34. The molecule has 0 fully saturated rings. The van der Waals surface area contributed by atoms with Crippen LogP contribution in [0.1, 0.15) is 11.1 Å². The van der Waals surface area contributed by atoms with Crippen molar-refractivity contribution >= 4 is 15.9 Å². The Morgan fingerprint density at radius 1 is 1.43 bits per heavy atom. The van der Waals surface area contributed by atoms with Gasteiger partial charge in [-0.15, -0.1) is 0 Å². The van der Waals surface area contributed by atoms with Gasteiger partial charge in [-0.1, -0.05) is 15.9 Å². The number of ether oxygens (including phenoxy) is 1. The van der Waals surface area contributed by atoms with E-state index >= 15 is 0 Å². The summed E-state index contributed by atoms with van der Waals surface area (Å²) in [6.45, 7) is 2.57. The maximum atomic E-state index is 5.17. The first-order valence-corrected chi connectivity index (χ1v) is 5.13. The molecule has 0 saturated carbocycles. The summed E-state index contributed by atoms with van der Waals surface area (Å²) in [5.41, 5.74) is 2.38. The van der Waals surface area contributed by atoms with Crippen LogP contribution in [0.2, 0.25) is 0 Å². The first-order valence-electron chi connectivity index (χ1n) is 4.33. The number of methoxy groups -OCH3 is 1. The van der Waals surface area contributed by atoms with Crippen LogP contribution >= 0.6 is 15.9 Å². The topological polar surface area (TPSA) is 44.5 Å². The second-order valence-corrected chi connectivity index (χ2v) is 3.87. The highest BCUT2D eigenvalue weighted by molar-refractivity contribution is 9.10. The SMILES string of the molecule is COc1cc(Br)c(C)c(CCON)c1. The number of hydrogen-bond acceptors (Lipinski definition) is 3. The lowest BCUT2D eigenvalue weighted by atomic mass is 10.1. The van der Waals surface area contributed by atoms with E-state index in [0.29, 0.717) is 6.61 Å². The molecule has 4 heteroatoms. The molecule has 0 heterocycles. The maximum Gasteiger partial charge on any atom is 0.120 e. The van der Waals surface area contributed by atoms with Gasteiger partial charge in [0.2, 0.25) is 0 Å². The quantitative estimate of drug-likeness (QED) is 0.844. The first-order chi connectivity index (χ1) is 6.69. The van der Waals surface area contributed by atoms with E-state index in [4.69, 9.17) is 10.6 Å². The Labute approximate surface area is 92.3 Å². The molecular weight excluding hydrogens is 246 g/mol. The lowest BCUT2D eigenvalue weighted by Gasteiger charge is -2.09. The lowest BCUT2D eigenvalue weighted by Crippen LogP contribution is -2.05. The van der Waals surface area contributed by atoms with E-state index in [1.165, 1.54) is 11.1 Å². The van der Waals surface area contributed by atoms with E-state index in [9.17, 15) is 0 Å². The minimum Gasteiger partial charge on any atom is -0.497 e. The van der Waals surface area contributed by atoms with E-state index in [1.54, 1.807) is 7.11 Å². The lowest BCUT2D eigenvalue weighted by molar-refractivity contribution is 0.141. The highest BCUT2D eigenvalue weighted by atomic mass is 79.9. The monoisotopic (exact) mass is 259 g/mol. The molecule has 0 radical (unpaired) electrons. The van der Waals surface area contributed by atoms with Crippen LogP contribution in [0.15, 0.2) is 16.6 Å². The van der Waals surface area contributed by atoms with Crippen molar-refractivity contribution in [2.75, 3.05) is 13.7 Å². The number of rotatable bonds is 4. The summed E-state index contributed by atoms with van der Waals surface area (Å²) < 4.78 is 6.21. The van der Waals surface area contributed by atoms with Gasteiger partial charge in [0.1, 0.15) is 5.75 Å². The van der Waals surface area contributed by atoms with Gasteiger partial charge < -0.3 is 9.57 Å². The molecule has 0 unspecified atom stereocenters. The zero-order chi connectivity index (χ0) is 10.6. The van der Waals surface area contributed by atoms with E-state index in [1.807, 2.05) is 12.1 Å². The van der Waals surface area contributed by atoms with Gasteiger partial charge in [0.15, 0.2) is 0 Å². The molecule has 1 aromatic rings. The molecule has 0 spiro atoms. The van der Waals surface area contributed by atoms with Crippen molar-refractivity contribution in [2.24, 2.45) is 5.90 Å². The van der Waals surface area contributed by atoms with Crippen LogP contribution in [-0.4, -0.2) is 13.7 Å². The van der Waals surface area contributed by atoms with Gasteiger partial charge in [0, 0.05) is 4.47 Å². The van der Waals surface area contributed by atoms with E-state index < -0.39 is 0 Å². The normalized spacial score (nSPS) is 10.3.